The van der Waals surface area contributed by atoms with E-state index >= 15 is 0 Å². The Bertz CT molecular complexity index is 2830. The summed E-state index contributed by atoms with van der Waals surface area (Å²) in [5.74, 6) is 0.729. The van der Waals surface area contributed by atoms with Crippen LogP contribution in [-0.4, -0.2) is 9.97 Å². The van der Waals surface area contributed by atoms with Gasteiger partial charge in [0.2, 0.25) is 0 Å². The molecule has 0 N–H and O–H groups in total. The average Bonchev–Trinajstić information content (AvgIpc) is 3.42. The summed E-state index contributed by atoms with van der Waals surface area (Å²) in [4.78, 5) is 10.8. The molecule has 8 aromatic carbocycles. The summed E-state index contributed by atoms with van der Waals surface area (Å²) < 4.78 is 0. The molecule has 0 saturated carbocycles. The molecular formula is C49H34N2. The second kappa shape index (κ2) is 11.3. The molecule has 2 nitrogen and oxygen atoms in total. The predicted molar refractivity (Wildman–Crippen MR) is 214 cm³/mol. The lowest BCUT2D eigenvalue weighted by Crippen LogP contribution is -2.14. The highest BCUT2D eigenvalue weighted by atomic mass is 14.9. The molecule has 0 fully saturated rings. The van der Waals surface area contributed by atoms with Crippen LogP contribution in [0.1, 0.15) is 25.0 Å². The Morgan fingerprint density at radius 1 is 0.392 bits per heavy atom. The third-order valence-electron chi connectivity index (χ3n) is 10.8. The maximum absolute atomic E-state index is 5.44. The third-order valence-corrected chi connectivity index (χ3v) is 10.8. The van der Waals surface area contributed by atoms with Crippen LogP contribution < -0.4 is 0 Å². The van der Waals surface area contributed by atoms with Crippen molar-refractivity contribution < 1.29 is 0 Å². The Hall–Kier alpha value is -6.38. The topological polar surface area (TPSA) is 25.8 Å². The van der Waals surface area contributed by atoms with Gasteiger partial charge >= 0.3 is 0 Å². The monoisotopic (exact) mass is 650 g/mol. The van der Waals surface area contributed by atoms with E-state index in [0.717, 1.165) is 39.3 Å². The highest BCUT2D eigenvalue weighted by Crippen LogP contribution is 2.49. The van der Waals surface area contributed by atoms with Crippen LogP contribution in [0.4, 0.5) is 0 Å². The maximum atomic E-state index is 5.44. The molecule has 0 radical (unpaired) electrons. The van der Waals surface area contributed by atoms with Gasteiger partial charge in [-0.25, -0.2) is 9.97 Å². The number of hydrogen-bond acceptors (Lipinski definition) is 2. The standard InChI is InChI=1S/C49H34N2/c1-49(2)42-22-11-10-21-40(42)41-26-25-34(29-43(41)49)33-17-12-18-36(27-33)45-30-44(32-14-4-3-5-15-32)50-48(51-45)47-39-20-9-7-16-35(39)28-37-24-23-31-13-6-8-19-38(31)46(37)47/h3-30H,1-2H3. The van der Waals surface area contributed by atoms with E-state index in [-0.39, 0.29) is 5.41 Å². The quantitative estimate of drug-likeness (QED) is 0.140. The number of rotatable bonds is 4. The molecule has 0 spiro atoms. The third kappa shape index (κ3) is 4.71. The lowest BCUT2D eigenvalue weighted by Gasteiger charge is -2.22. The van der Waals surface area contributed by atoms with Gasteiger partial charge in [0.05, 0.1) is 11.4 Å². The first kappa shape index (κ1) is 29.5. The van der Waals surface area contributed by atoms with Crippen molar-refractivity contribution in [2.24, 2.45) is 0 Å². The normalized spacial score (nSPS) is 13.1. The molecule has 51 heavy (non-hydrogen) atoms. The molecule has 9 aromatic rings. The summed E-state index contributed by atoms with van der Waals surface area (Å²) in [5, 5.41) is 7.09. The van der Waals surface area contributed by atoms with Crippen LogP contribution in [0.5, 0.6) is 0 Å². The fourth-order valence-electron chi connectivity index (χ4n) is 8.28. The number of hydrogen-bond donors (Lipinski definition) is 0. The smallest absolute Gasteiger partial charge is 0.161 e. The van der Waals surface area contributed by atoms with Gasteiger partial charge in [-0.3, -0.25) is 0 Å². The van der Waals surface area contributed by atoms with Crippen LogP contribution >= 0.6 is 0 Å². The first-order valence-corrected chi connectivity index (χ1v) is 17.7. The molecule has 0 aliphatic heterocycles. The van der Waals surface area contributed by atoms with Gasteiger partial charge in [-0.05, 0) is 84.6 Å². The van der Waals surface area contributed by atoms with Crippen molar-refractivity contribution in [2.45, 2.75) is 19.3 Å². The molecule has 0 saturated heterocycles. The first-order valence-electron chi connectivity index (χ1n) is 17.7. The summed E-state index contributed by atoms with van der Waals surface area (Å²) >= 11 is 0. The van der Waals surface area contributed by atoms with E-state index in [4.69, 9.17) is 9.97 Å². The van der Waals surface area contributed by atoms with Crippen LogP contribution in [0.25, 0.3) is 88.5 Å². The maximum Gasteiger partial charge on any atom is 0.161 e. The largest absolute Gasteiger partial charge is 0.228 e. The molecule has 0 unspecified atom stereocenters. The fraction of sp³-hybridized carbons (Fsp3) is 0.0612. The summed E-state index contributed by atoms with van der Waals surface area (Å²) in [6, 6.07) is 61.2. The summed E-state index contributed by atoms with van der Waals surface area (Å²) in [6.07, 6.45) is 0. The van der Waals surface area contributed by atoms with E-state index in [9.17, 15) is 0 Å². The van der Waals surface area contributed by atoms with Crippen LogP contribution in [0.2, 0.25) is 0 Å². The van der Waals surface area contributed by atoms with Crippen molar-refractivity contribution in [3.63, 3.8) is 0 Å². The number of fused-ring (bicyclic) bond motifs is 7. The average molecular weight is 651 g/mol. The Morgan fingerprint density at radius 3 is 1.88 bits per heavy atom. The van der Waals surface area contributed by atoms with Crippen molar-refractivity contribution in [3.05, 3.63) is 181 Å². The fourth-order valence-corrected chi connectivity index (χ4v) is 8.28. The Kier molecular flexibility index (Phi) is 6.56. The minimum Gasteiger partial charge on any atom is -0.228 e. The van der Waals surface area contributed by atoms with E-state index in [2.05, 4.69) is 184 Å². The minimum absolute atomic E-state index is 0.0584. The number of aromatic nitrogens is 2. The van der Waals surface area contributed by atoms with Crippen LogP contribution in [0, 0.1) is 0 Å². The SMILES string of the molecule is CC1(C)c2ccccc2-c2ccc(-c3cccc(-c4cc(-c5ccccc5)nc(-c5c6ccccc6cc6ccc7ccccc7c56)n4)c3)cc21. The van der Waals surface area contributed by atoms with Gasteiger partial charge in [0.25, 0.3) is 0 Å². The van der Waals surface area contributed by atoms with Crippen molar-refractivity contribution in [3.8, 4) is 56.2 Å². The van der Waals surface area contributed by atoms with Gasteiger partial charge in [-0.1, -0.05) is 159 Å². The molecule has 240 valence electrons. The summed E-state index contributed by atoms with van der Waals surface area (Å²) in [6.45, 7) is 4.68. The van der Waals surface area contributed by atoms with Crippen molar-refractivity contribution in [1.82, 2.24) is 9.97 Å². The lowest BCUT2D eigenvalue weighted by atomic mass is 9.81. The van der Waals surface area contributed by atoms with Gasteiger partial charge in [0, 0.05) is 27.5 Å². The molecule has 0 atom stereocenters. The van der Waals surface area contributed by atoms with Gasteiger partial charge in [0.15, 0.2) is 5.82 Å². The molecule has 0 amide bonds. The first-order chi connectivity index (χ1) is 25.0. The van der Waals surface area contributed by atoms with Crippen molar-refractivity contribution in [2.75, 3.05) is 0 Å². The van der Waals surface area contributed by atoms with Crippen molar-refractivity contribution in [1.29, 1.82) is 0 Å². The Morgan fingerprint density at radius 2 is 1.02 bits per heavy atom. The van der Waals surface area contributed by atoms with Crippen LogP contribution in [0.3, 0.4) is 0 Å². The predicted octanol–water partition coefficient (Wildman–Crippen LogP) is 12.9. The second-order valence-electron chi connectivity index (χ2n) is 14.2. The van der Waals surface area contributed by atoms with E-state index in [1.54, 1.807) is 0 Å². The zero-order valence-electron chi connectivity index (χ0n) is 28.6. The lowest BCUT2D eigenvalue weighted by molar-refractivity contribution is 0.660. The molecule has 10 rings (SSSR count). The van der Waals surface area contributed by atoms with E-state index in [0.29, 0.717) is 0 Å². The van der Waals surface area contributed by atoms with Gasteiger partial charge in [-0.15, -0.1) is 0 Å². The zero-order chi connectivity index (χ0) is 34.1. The van der Waals surface area contributed by atoms with Crippen molar-refractivity contribution >= 4 is 32.3 Å². The molecule has 1 aliphatic rings. The molecule has 1 aliphatic carbocycles. The number of nitrogens with zero attached hydrogens (tertiary/aromatic N) is 2. The van der Waals surface area contributed by atoms with E-state index in [1.807, 2.05) is 0 Å². The molecule has 1 aromatic heterocycles. The van der Waals surface area contributed by atoms with Gasteiger partial charge in [0.1, 0.15) is 0 Å². The zero-order valence-corrected chi connectivity index (χ0v) is 28.6. The van der Waals surface area contributed by atoms with Crippen LogP contribution in [0.15, 0.2) is 170 Å². The molecular weight excluding hydrogens is 617 g/mol. The molecule has 0 bridgehead atoms. The second-order valence-corrected chi connectivity index (χ2v) is 14.2. The minimum atomic E-state index is -0.0584. The van der Waals surface area contributed by atoms with E-state index < -0.39 is 0 Å². The molecule has 2 heteroatoms. The highest BCUT2D eigenvalue weighted by molar-refractivity contribution is 6.21. The van der Waals surface area contributed by atoms with Gasteiger partial charge < -0.3 is 0 Å². The van der Waals surface area contributed by atoms with E-state index in [1.165, 1.54) is 60.3 Å². The van der Waals surface area contributed by atoms with Gasteiger partial charge in [-0.2, -0.15) is 0 Å². The number of benzene rings is 8. The Labute approximate surface area is 297 Å². The summed E-state index contributed by atoms with van der Waals surface area (Å²) in [7, 11) is 0. The Balaban J connectivity index is 1.19. The highest BCUT2D eigenvalue weighted by Gasteiger charge is 2.35. The molecule has 1 heterocycles. The van der Waals surface area contributed by atoms with Crippen LogP contribution in [-0.2, 0) is 5.41 Å². The summed E-state index contributed by atoms with van der Waals surface area (Å²) in [5.41, 5.74) is 12.7.